The lowest BCUT2D eigenvalue weighted by Gasteiger charge is -2.09. The third-order valence-corrected chi connectivity index (χ3v) is 2.43. The largest absolute Gasteiger partial charge is 0.507 e. The van der Waals surface area contributed by atoms with Gasteiger partial charge < -0.3 is 15.9 Å². The topological polar surface area (TPSA) is 83.6 Å². The Kier molecular flexibility index (Phi) is 3.49. The van der Waals surface area contributed by atoms with Crippen molar-refractivity contribution in [3.63, 3.8) is 0 Å². The van der Waals surface area contributed by atoms with Crippen molar-refractivity contribution in [1.29, 1.82) is 0 Å². The van der Waals surface area contributed by atoms with Gasteiger partial charge in [-0.2, -0.15) is 0 Å². The molecule has 0 aromatic heterocycles. The van der Waals surface area contributed by atoms with Gasteiger partial charge in [-0.3, -0.25) is 4.79 Å². The van der Waals surface area contributed by atoms with Gasteiger partial charge in [-0.25, -0.2) is 0 Å². The number of phenolic OH excluding ortho intramolecular Hbond substituents is 1. The maximum Gasteiger partial charge on any atom is 0.305 e. The van der Waals surface area contributed by atoms with Crippen LogP contribution in [0.3, 0.4) is 0 Å². The molecule has 0 spiro atoms. The Morgan fingerprint density at radius 2 is 2.21 bits per heavy atom. The third-order valence-electron chi connectivity index (χ3n) is 1.79. The van der Waals surface area contributed by atoms with Crippen molar-refractivity contribution in [2.75, 3.05) is 0 Å². The van der Waals surface area contributed by atoms with Crippen molar-refractivity contribution in [2.45, 2.75) is 12.5 Å². The number of carboxylic acids is 1. The van der Waals surface area contributed by atoms with Crippen LogP contribution in [0.15, 0.2) is 22.7 Å². The first-order chi connectivity index (χ1) is 6.50. The van der Waals surface area contributed by atoms with Crippen molar-refractivity contribution >= 4 is 21.9 Å². The average molecular weight is 260 g/mol. The second-order valence-corrected chi connectivity index (χ2v) is 3.77. The van der Waals surface area contributed by atoms with Gasteiger partial charge in [0.05, 0.1) is 10.9 Å². The SMILES string of the molecule is N[C@H](CC(=O)O)c1ccc(O)c(Br)c1. The number of aromatic hydroxyl groups is 1. The zero-order chi connectivity index (χ0) is 10.7. The fourth-order valence-corrected chi connectivity index (χ4v) is 1.46. The number of hydrogen-bond acceptors (Lipinski definition) is 3. The molecule has 0 heterocycles. The van der Waals surface area contributed by atoms with Crippen LogP contribution in [-0.4, -0.2) is 16.2 Å². The lowest BCUT2D eigenvalue weighted by molar-refractivity contribution is -0.137. The number of halogens is 1. The van der Waals surface area contributed by atoms with Crippen LogP contribution >= 0.6 is 15.9 Å². The zero-order valence-corrected chi connectivity index (χ0v) is 8.86. The van der Waals surface area contributed by atoms with Gasteiger partial charge in [0.1, 0.15) is 5.75 Å². The Balaban J connectivity index is 2.85. The van der Waals surface area contributed by atoms with Gasteiger partial charge in [0.25, 0.3) is 0 Å². The summed E-state index contributed by atoms with van der Waals surface area (Å²) in [5.74, 6) is -0.835. The van der Waals surface area contributed by atoms with Gasteiger partial charge in [0, 0.05) is 6.04 Å². The Bertz CT molecular complexity index is 354. The van der Waals surface area contributed by atoms with Crippen LogP contribution < -0.4 is 5.73 Å². The summed E-state index contributed by atoms with van der Waals surface area (Å²) in [6.45, 7) is 0. The Morgan fingerprint density at radius 3 is 2.71 bits per heavy atom. The first-order valence-electron chi connectivity index (χ1n) is 3.96. The fourth-order valence-electron chi connectivity index (χ4n) is 1.06. The molecule has 0 aliphatic heterocycles. The minimum absolute atomic E-state index is 0.108. The van der Waals surface area contributed by atoms with E-state index in [1.54, 1.807) is 12.1 Å². The highest BCUT2D eigenvalue weighted by atomic mass is 79.9. The van der Waals surface area contributed by atoms with Crippen LogP contribution in [0.1, 0.15) is 18.0 Å². The van der Waals surface area contributed by atoms with Crippen molar-refractivity contribution < 1.29 is 15.0 Å². The van der Waals surface area contributed by atoms with Crippen LogP contribution in [0.4, 0.5) is 0 Å². The average Bonchev–Trinajstić information content (AvgIpc) is 2.08. The molecule has 0 saturated carbocycles. The van der Waals surface area contributed by atoms with Gasteiger partial charge in [-0.05, 0) is 33.6 Å². The second kappa shape index (κ2) is 4.43. The highest BCUT2D eigenvalue weighted by Crippen LogP contribution is 2.27. The summed E-state index contributed by atoms with van der Waals surface area (Å²) in [6, 6.07) is 4.14. The molecule has 0 aliphatic carbocycles. The molecule has 1 aromatic carbocycles. The molecule has 4 N–H and O–H groups in total. The molecule has 0 bridgehead atoms. The molecule has 0 fully saturated rings. The van der Waals surface area contributed by atoms with Crippen LogP contribution in [-0.2, 0) is 4.79 Å². The standard InChI is InChI=1S/C9H10BrNO3/c10-6-3-5(1-2-8(6)12)7(11)4-9(13)14/h1-3,7,12H,4,11H2,(H,13,14)/t7-/m1/s1. The van der Waals surface area contributed by atoms with Gasteiger partial charge in [-0.15, -0.1) is 0 Å². The summed E-state index contributed by atoms with van der Waals surface area (Å²) in [7, 11) is 0. The van der Waals surface area contributed by atoms with Crippen molar-refractivity contribution in [1.82, 2.24) is 0 Å². The van der Waals surface area contributed by atoms with E-state index in [0.29, 0.717) is 10.0 Å². The van der Waals surface area contributed by atoms with E-state index in [4.69, 9.17) is 10.8 Å². The molecule has 76 valence electrons. The molecule has 14 heavy (non-hydrogen) atoms. The summed E-state index contributed by atoms with van der Waals surface area (Å²) < 4.78 is 0.510. The number of phenols is 1. The minimum Gasteiger partial charge on any atom is -0.507 e. The summed E-state index contributed by atoms with van der Waals surface area (Å²) >= 11 is 3.13. The summed E-state index contributed by atoms with van der Waals surface area (Å²) in [5.41, 5.74) is 6.31. The third kappa shape index (κ3) is 2.71. The molecule has 0 unspecified atom stereocenters. The van der Waals surface area contributed by atoms with E-state index in [9.17, 15) is 9.90 Å². The Morgan fingerprint density at radius 1 is 1.57 bits per heavy atom. The number of aliphatic carboxylic acids is 1. The van der Waals surface area contributed by atoms with E-state index < -0.39 is 12.0 Å². The highest BCUT2D eigenvalue weighted by molar-refractivity contribution is 9.10. The van der Waals surface area contributed by atoms with E-state index in [0.717, 1.165) is 0 Å². The van der Waals surface area contributed by atoms with Crippen molar-refractivity contribution in [3.05, 3.63) is 28.2 Å². The predicted molar refractivity (Wildman–Crippen MR) is 55.0 cm³/mol. The second-order valence-electron chi connectivity index (χ2n) is 2.92. The molecule has 5 heteroatoms. The summed E-state index contributed by atoms with van der Waals surface area (Å²) in [5, 5.41) is 17.7. The smallest absolute Gasteiger partial charge is 0.305 e. The first-order valence-corrected chi connectivity index (χ1v) is 4.76. The predicted octanol–water partition coefficient (Wildman–Crippen LogP) is 1.63. The molecule has 0 radical (unpaired) electrons. The zero-order valence-electron chi connectivity index (χ0n) is 7.27. The molecule has 4 nitrogen and oxygen atoms in total. The maximum absolute atomic E-state index is 10.4. The van der Waals surface area contributed by atoms with Crippen molar-refractivity contribution in [3.8, 4) is 5.75 Å². The normalized spacial score (nSPS) is 12.4. The van der Waals surface area contributed by atoms with E-state index in [1.807, 2.05) is 0 Å². The molecule has 1 atom stereocenters. The highest BCUT2D eigenvalue weighted by Gasteiger charge is 2.11. The number of nitrogens with two attached hydrogens (primary N) is 1. The molecule has 0 saturated heterocycles. The van der Waals surface area contributed by atoms with E-state index in [1.165, 1.54) is 6.07 Å². The lowest BCUT2D eigenvalue weighted by atomic mass is 10.1. The molecule has 0 aliphatic rings. The van der Waals surface area contributed by atoms with E-state index in [-0.39, 0.29) is 12.2 Å². The number of carboxylic acid groups (broad SMARTS) is 1. The fraction of sp³-hybridized carbons (Fsp3) is 0.222. The van der Waals surface area contributed by atoms with Gasteiger partial charge in [0.15, 0.2) is 0 Å². The minimum atomic E-state index is -0.943. The van der Waals surface area contributed by atoms with Gasteiger partial charge in [0.2, 0.25) is 0 Å². The van der Waals surface area contributed by atoms with Crippen LogP contribution in [0.2, 0.25) is 0 Å². The number of hydrogen-bond donors (Lipinski definition) is 3. The van der Waals surface area contributed by atoms with Gasteiger partial charge in [-0.1, -0.05) is 6.07 Å². The first kappa shape index (κ1) is 11.0. The number of carbonyl (C=O) groups is 1. The quantitative estimate of drug-likeness (QED) is 0.771. The van der Waals surface area contributed by atoms with Crippen LogP contribution in [0, 0.1) is 0 Å². The monoisotopic (exact) mass is 259 g/mol. The molecular weight excluding hydrogens is 250 g/mol. The van der Waals surface area contributed by atoms with E-state index in [2.05, 4.69) is 15.9 Å². The van der Waals surface area contributed by atoms with Gasteiger partial charge >= 0.3 is 5.97 Å². The molecule has 1 aromatic rings. The van der Waals surface area contributed by atoms with Crippen LogP contribution in [0.25, 0.3) is 0 Å². The molecule has 1 rings (SSSR count). The summed E-state index contributed by atoms with van der Waals surface area (Å²) in [4.78, 5) is 10.4. The molecular formula is C9H10BrNO3. The Labute approximate surface area is 89.5 Å². The lowest BCUT2D eigenvalue weighted by Crippen LogP contribution is -2.14. The van der Waals surface area contributed by atoms with Crippen molar-refractivity contribution in [2.24, 2.45) is 5.73 Å². The number of benzene rings is 1. The molecule has 0 amide bonds. The maximum atomic E-state index is 10.4. The Hall–Kier alpha value is -1.07. The summed E-state index contributed by atoms with van der Waals surface area (Å²) in [6.07, 6.45) is -0.128. The van der Waals surface area contributed by atoms with E-state index >= 15 is 0 Å². The number of rotatable bonds is 3. The van der Waals surface area contributed by atoms with Crippen LogP contribution in [0.5, 0.6) is 5.75 Å².